The lowest BCUT2D eigenvalue weighted by atomic mass is 9.92. The summed E-state index contributed by atoms with van der Waals surface area (Å²) < 4.78 is 75.1. The van der Waals surface area contributed by atoms with Crippen molar-refractivity contribution >= 4 is 44.3 Å². The zero-order valence-corrected chi connectivity index (χ0v) is 31.9. The van der Waals surface area contributed by atoms with Crippen molar-refractivity contribution in [2.45, 2.75) is 56.8 Å². The van der Waals surface area contributed by atoms with Gasteiger partial charge in [0, 0.05) is 21.7 Å². The van der Waals surface area contributed by atoms with E-state index in [0.29, 0.717) is 28.7 Å². The molecule has 16 heteroatoms. The molecule has 0 fully saturated rings. The molecule has 5 rings (SSSR count). The van der Waals surface area contributed by atoms with Gasteiger partial charge in [0.1, 0.15) is 6.54 Å². The third-order valence-electron chi connectivity index (χ3n) is 8.19. The van der Waals surface area contributed by atoms with Crippen LogP contribution in [0.1, 0.15) is 60.2 Å². The third-order valence-corrected chi connectivity index (χ3v) is 11.3. The van der Waals surface area contributed by atoms with Crippen LogP contribution >= 0.6 is 11.3 Å². The molecule has 11 nitrogen and oxygen atoms in total. The predicted octanol–water partition coefficient (Wildman–Crippen LogP) is 7.14. The number of amides is 2. The number of nitrogens with zero attached hydrogens (tertiary/aromatic N) is 2. The minimum Gasteiger partial charge on any atom is -0.453 e. The van der Waals surface area contributed by atoms with E-state index in [4.69, 9.17) is 0 Å². The van der Waals surface area contributed by atoms with E-state index in [-0.39, 0.29) is 26.6 Å². The molecule has 0 aliphatic rings. The van der Waals surface area contributed by atoms with E-state index in [0.717, 1.165) is 23.9 Å². The molecule has 2 aromatic heterocycles. The minimum absolute atomic E-state index is 0.0239. The van der Waals surface area contributed by atoms with E-state index in [1.807, 2.05) is 31.4 Å². The van der Waals surface area contributed by atoms with Crippen LogP contribution in [0, 0.1) is 5.41 Å². The topological polar surface area (TPSA) is 154 Å². The fourth-order valence-corrected chi connectivity index (χ4v) is 8.19. The molecule has 2 unspecified atom stereocenters. The number of alkyl carbamates (subject to hydrolysis) is 1. The van der Waals surface area contributed by atoms with Gasteiger partial charge in [-0.3, -0.25) is 9.89 Å². The second-order valence-electron chi connectivity index (χ2n) is 13.5. The molecule has 0 saturated carbocycles. The summed E-state index contributed by atoms with van der Waals surface area (Å²) in [5, 5.41) is 21.5. The zero-order chi connectivity index (χ0) is 39.5. The first-order chi connectivity index (χ1) is 25.5. The number of carbonyl (C=O) groups is 2. The molecular formula is C38H44F3N5O6S2. The lowest BCUT2D eigenvalue weighted by Crippen LogP contribution is -2.43. The molecule has 2 heterocycles. The highest BCUT2D eigenvalue weighted by Crippen LogP contribution is 2.40. The number of sulfonamides is 1. The van der Waals surface area contributed by atoms with E-state index in [2.05, 4.69) is 75.6 Å². The van der Waals surface area contributed by atoms with Crippen molar-refractivity contribution in [3.63, 3.8) is 0 Å². The van der Waals surface area contributed by atoms with Crippen LogP contribution in [-0.2, 0) is 26.0 Å². The lowest BCUT2D eigenvalue weighted by Gasteiger charge is -2.31. The first kappa shape index (κ1) is 42.0. The van der Waals surface area contributed by atoms with Crippen LogP contribution in [0.15, 0.2) is 102 Å². The first-order valence-electron chi connectivity index (χ1n) is 16.9. The van der Waals surface area contributed by atoms with Gasteiger partial charge in [-0.25, -0.2) is 13.2 Å². The average molecular weight is 788 g/mol. The van der Waals surface area contributed by atoms with Gasteiger partial charge in [0.2, 0.25) is 15.9 Å². The van der Waals surface area contributed by atoms with Crippen molar-refractivity contribution in [2.75, 3.05) is 26.8 Å². The van der Waals surface area contributed by atoms with Crippen LogP contribution in [-0.4, -0.2) is 73.0 Å². The van der Waals surface area contributed by atoms with Gasteiger partial charge in [-0.05, 0) is 59.7 Å². The Morgan fingerprint density at radius 1 is 0.944 bits per heavy atom. The molecule has 5 aromatic rings. The summed E-state index contributed by atoms with van der Waals surface area (Å²) in [6.07, 6.45) is -2.94. The molecule has 0 radical (unpaired) electrons. The van der Waals surface area contributed by atoms with Crippen LogP contribution < -0.4 is 10.6 Å². The molecule has 0 bridgehead atoms. The van der Waals surface area contributed by atoms with Crippen LogP contribution in [0.5, 0.6) is 0 Å². The molecule has 0 saturated heterocycles. The molecule has 54 heavy (non-hydrogen) atoms. The van der Waals surface area contributed by atoms with Gasteiger partial charge in [-0.2, -0.15) is 22.6 Å². The summed E-state index contributed by atoms with van der Waals surface area (Å²) in [4.78, 5) is 23.1. The van der Waals surface area contributed by atoms with Crippen molar-refractivity contribution in [2.24, 2.45) is 5.41 Å². The van der Waals surface area contributed by atoms with Crippen molar-refractivity contribution in [1.29, 1.82) is 0 Å². The van der Waals surface area contributed by atoms with Crippen molar-refractivity contribution in [3.8, 4) is 0 Å². The number of aromatic nitrogens is 2. The van der Waals surface area contributed by atoms with E-state index in [9.17, 15) is 36.3 Å². The van der Waals surface area contributed by atoms with E-state index in [1.165, 1.54) is 35.5 Å². The summed E-state index contributed by atoms with van der Waals surface area (Å²) in [6, 6.07) is 24.2. The number of aliphatic hydroxyl groups excluding tert-OH is 1. The van der Waals surface area contributed by atoms with Gasteiger partial charge in [-0.1, -0.05) is 81.4 Å². The average Bonchev–Trinajstić information content (AvgIpc) is 3.81. The Bertz CT molecular complexity index is 2030. The molecule has 0 aliphatic carbocycles. The summed E-state index contributed by atoms with van der Waals surface area (Å²) in [7, 11) is -3.20. The Hall–Kier alpha value is -4.77. The normalized spacial score (nSPS) is 13.1. The second kappa shape index (κ2) is 18.5. The molecule has 3 aromatic carbocycles. The number of ether oxygens (including phenoxy) is 1. The molecule has 0 aliphatic heterocycles. The molecule has 290 valence electrons. The van der Waals surface area contributed by atoms with Gasteiger partial charge in [0.15, 0.2) is 6.04 Å². The zero-order valence-electron chi connectivity index (χ0n) is 30.3. The SMILES string of the molecule is COC(=O)NCC(=O)NC(c1ccc(C(CO)N(CCC(C)(C)C)S(=O)(=O)c2ccc3cn[nH]c3c2)s1)C(F)(F)F.c1ccc(Cc2ccccc2)cc1. The summed E-state index contributed by atoms with van der Waals surface area (Å²) in [5.74, 6) is -1.12. The molecule has 2 amide bonds. The van der Waals surface area contributed by atoms with Gasteiger partial charge in [0.25, 0.3) is 0 Å². The monoisotopic (exact) mass is 787 g/mol. The summed E-state index contributed by atoms with van der Waals surface area (Å²) >= 11 is 0.619. The number of aromatic amines is 1. The number of hydrogen-bond acceptors (Lipinski definition) is 8. The fraction of sp³-hybridized carbons (Fsp3) is 0.342. The quantitative estimate of drug-likeness (QED) is 0.0990. The van der Waals surface area contributed by atoms with E-state index >= 15 is 0 Å². The second-order valence-corrected chi connectivity index (χ2v) is 16.6. The lowest BCUT2D eigenvalue weighted by molar-refractivity contribution is -0.162. The molecule has 2 atom stereocenters. The maximum absolute atomic E-state index is 14.0. The predicted molar refractivity (Wildman–Crippen MR) is 201 cm³/mol. The minimum atomic E-state index is -4.91. The number of hydrogen-bond donors (Lipinski definition) is 4. The van der Waals surface area contributed by atoms with Gasteiger partial charge >= 0.3 is 12.3 Å². The Kier molecular flexibility index (Phi) is 14.4. The number of rotatable bonds is 13. The standard InChI is InChI=1S/C25H32F3N5O6S2.C13H12/c1-24(2,3)9-10-33(41(37,38)16-6-5-15-12-30-32-17(15)11-16)18(14-34)19-7-8-20(40-19)22(25(26,27)28)31-21(35)13-29-23(36)39-4;1-3-7-12(8-4-1)11-13-9-5-2-6-10-13/h5-8,11-12,18,22,34H,9-10,13-14H2,1-4H3,(H,29,36)(H,30,32)(H,31,35);1-10H,11H2. The van der Waals surface area contributed by atoms with Crippen molar-refractivity contribution in [1.82, 2.24) is 25.1 Å². The smallest absolute Gasteiger partial charge is 0.413 e. The molecular weight excluding hydrogens is 744 g/mol. The van der Waals surface area contributed by atoms with E-state index in [1.54, 1.807) is 6.07 Å². The van der Waals surface area contributed by atoms with Crippen LogP contribution in [0.25, 0.3) is 10.9 Å². The van der Waals surface area contributed by atoms with Crippen molar-refractivity contribution < 1.29 is 41.0 Å². The van der Waals surface area contributed by atoms with Crippen molar-refractivity contribution in [3.05, 3.63) is 118 Å². The number of H-pyrrole nitrogens is 1. The molecule has 0 spiro atoms. The fourth-order valence-electron chi connectivity index (χ4n) is 5.31. The number of methoxy groups -OCH3 is 1. The Balaban J connectivity index is 0.000000416. The highest BCUT2D eigenvalue weighted by atomic mass is 32.2. The third kappa shape index (κ3) is 11.9. The summed E-state index contributed by atoms with van der Waals surface area (Å²) in [5.41, 5.74) is 2.92. The number of carbonyl (C=O) groups excluding carboxylic acids is 2. The van der Waals surface area contributed by atoms with Crippen LogP contribution in [0.2, 0.25) is 0 Å². The number of thiophene rings is 1. The highest BCUT2D eigenvalue weighted by Gasteiger charge is 2.43. The number of benzene rings is 3. The Labute approximate surface area is 316 Å². The number of nitrogens with one attached hydrogen (secondary N) is 3. The Morgan fingerprint density at radius 3 is 2.11 bits per heavy atom. The molecule has 4 N–H and O–H groups in total. The number of aliphatic hydroxyl groups is 1. The van der Waals surface area contributed by atoms with Gasteiger partial charge < -0.3 is 20.5 Å². The largest absolute Gasteiger partial charge is 0.453 e. The maximum atomic E-state index is 14.0. The first-order valence-corrected chi connectivity index (χ1v) is 19.2. The number of fused-ring (bicyclic) bond motifs is 1. The highest BCUT2D eigenvalue weighted by molar-refractivity contribution is 7.89. The maximum Gasteiger partial charge on any atom is 0.413 e. The Morgan fingerprint density at radius 2 is 1.56 bits per heavy atom. The van der Waals surface area contributed by atoms with E-state index < -0.39 is 53.4 Å². The van der Waals surface area contributed by atoms with Crippen LogP contribution in [0.3, 0.4) is 0 Å². The number of alkyl halides is 3. The number of halogens is 3. The van der Waals surface area contributed by atoms with Gasteiger partial charge in [0.05, 0.1) is 36.4 Å². The van der Waals surface area contributed by atoms with Crippen LogP contribution in [0.4, 0.5) is 18.0 Å². The summed E-state index contributed by atoms with van der Waals surface area (Å²) in [6.45, 7) is 4.26. The van der Waals surface area contributed by atoms with Gasteiger partial charge in [-0.15, -0.1) is 11.3 Å².